The second-order valence-electron chi connectivity index (χ2n) is 4.63. The first-order valence-electron chi connectivity index (χ1n) is 6.56. The Morgan fingerprint density at radius 2 is 1.71 bits per heavy atom. The lowest BCUT2D eigenvalue weighted by atomic mass is 10.1. The number of hydrogen-bond donors (Lipinski definition) is 0. The molecule has 3 heteroatoms. The van der Waals surface area contributed by atoms with Crippen LogP contribution < -0.4 is 0 Å². The fourth-order valence-electron chi connectivity index (χ4n) is 2.05. The molecule has 102 valence electrons. The van der Waals surface area contributed by atoms with Crippen molar-refractivity contribution in [3.63, 3.8) is 0 Å². The number of ketones is 1. The van der Waals surface area contributed by atoms with Crippen molar-refractivity contribution in [3.05, 3.63) is 83.8 Å². The van der Waals surface area contributed by atoms with Gasteiger partial charge in [0, 0.05) is 10.9 Å². The van der Waals surface area contributed by atoms with Gasteiger partial charge in [0.05, 0.1) is 11.2 Å². The van der Waals surface area contributed by atoms with Crippen LogP contribution >= 0.6 is 0 Å². The lowest BCUT2D eigenvalue weighted by molar-refractivity contribution is 0.104. The smallest absolute Gasteiger partial charge is 0.185 e. The van der Waals surface area contributed by atoms with Crippen LogP contribution in [0, 0.1) is 5.82 Å². The predicted molar refractivity (Wildman–Crippen MR) is 81.5 cm³/mol. The van der Waals surface area contributed by atoms with Crippen molar-refractivity contribution < 1.29 is 9.18 Å². The van der Waals surface area contributed by atoms with Crippen LogP contribution in [0.5, 0.6) is 0 Å². The van der Waals surface area contributed by atoms with Crippen molar-refractivity contribution in [2.45, 2.75) is 0 Å². The number of aromatic nitrogens is 1. The van der Waals surface area contributed by atoms with Crippen molar-refractivity contribution in [1.29, 1.82) is 0 Å². The minimum absolute atomic E-state index is 0.176. The van der Waals surface area contributed by atoms with Gasteiger partial charge in [-0.2, -0.15) is 0 Å². The van der Waals surface area contributed by atoms with E-state index in [0.29, 0.717) is 11.3 Å². The zero-order chi connectivity index (χ0) is 14.7. The summed E-state index contributed by atoms with van der Waals surface area (Å²) < 4.78 is 12.8. The van der Waals surface area contributed by atoms with Gasteiger partial charge in [-0.15, -0.1) is 0 Å². The van der Waals surface area contributed by atoms with Crippen molar-refractivity contribution in [2.75, 3.05) is 0 Å². The third kappa shape index (κ3) is 3.03. The van der Waals surface area contributed by atoms with Gasteiger partial charge in [0.15, 0.2) is 5.78 Å². The normalized spacial score (nSPS) is 11.1. The zero-order valence-electron chi connectivity index (χ0n) is 11.2. The van der Waals surface area contributed by atoms with Gasteiger partial charge in [-0.25, -0.2) is 9.37 Å². The second-order valence-corrected chi connectivity index (χ2v) is 4.63. The average Bonchev–Trinajstić information content (AvgIpc) is 2.53. The Kier molecular flexibility index (Phi) is 3.56. The number of rotatable bonds is 3. The lowest BCUT2D eigenvalue weighted by Gasteiger charge is -1.98. The first kappa shape index (κ1) is 13.2. The van der Waals surface area contributed by atoms with E-state index in [9.17, 15) is 9.18 Å². The molecular weight excluding hydrogens is 265 g/mol. The van der Waals surface area contributed by atoms with E-state index in [1.165, 1.54) is 30.3 Å². The first-order chi connectivity index (χ1) is 10.2. The molecule has 3 aromatic rings. The van der Waals surface area contributed by atoms with Crippen LogP contribution in [0.3, 0.4) is 0 Å². The topological polar surface area (TPSA) is 30.0 Å². The molecule has 0 aliphatic heterocycles. The molecule has 1 aromatic heterocycles. The molecule has 21 heavy (non-hydrogen) atoms. The standard InChI is InChI=1S/C18H12FNO/c19-15-8-5-14(6-9-15)18(21)12-11-16-10-7-13-3-1-2-4-17(13)20-16/h1-12H/b12-11+. The molecule has 0 saturated carbocycles. The van der Waals surface area contributed by atoms with E-state index in [4.69, 9.17) is 0 Å². The molecule has 0 bridgehead atoms. The molecule has 0 atom stereocenters. The van der Waals surface area contributed by atoms with Crippen LogP contribution in [-0.2, 0) is 0 Å². The molecule has 3 rings (SSSR count). The van der Waals surface area contributed by atoms with Crippen LogP contribution in [0.4, 0.5) is 4.39 Å². The van der Waals surface area contributed by atoms with E-state index in [1.54, 1.807) is 6.08 Å². The average molecular weight is 277 g/mol. The van der Waals surface area contributed by atoms with Crippen LogP contribution in [0.15, 0.2) is 66.7 Å². The SMILES string of the molecule is O=C(/C=C/c1ccc2ccccc2n1)c1ccc(F)cc1. The monoisotopic (exact) mass is 277 g/mol. The quantitative estimate of drug-likeness (QED) is 0.528. The molecule has 0 radical (unpaired) electrons. The Morgan fingerprint density at radius 3 is 2.52 bits per heavy atom. The molecule has 2 aromatic carbocycles. The summed E-state index contributed by atoms with van der Waals surface area (Å²) in [6.45, 7) is 0. The van der Waals surface area contributed by atoms with Crippen molar-refractivity contribution in [1.82, 2.24) is 4.98 Å². The summed E-state index contributed by atoms with van der Waals surface area (Å²) in [5.41, 5.74) is 2.05. The fourth-order valence-corrected chi connectivity index (χ4v) is 2.05. The van der Waals surface area contributed by atoms with Crippen molar-refractivity contribution >= 4 is 22.8 Å². The third-order valence-electron chi connectivity index (χ3n) is 3.15. The molecule has 2 nitrogen and oxygen atoms in total. The van der Waals surface area contributed by atoms with Crippen LogP contribution in [0.25, 0.3) is 17.0 Å². The summed E-state index contributed by atoms with van der Waals surface area (Å²) in [7, 11) is 0. The van der Waals surface area contributed by atoms with Crippen LogP contribution in [0.2, 0.25) is 0 Å². The number of benzene rings is 2. The predicted octanol–water partition coefficient (Wildman–Crippen LogP) is 4.27. The van der Waals surface area contributed by atoms with Gasteiger partial charge < -0.3 is 0 Å². The molecule has 1 heterocycles. The summed E-state index contributed by atoms with van der Waals surface area (Å²) in [6, 6.07) is 17.1. The molecule has 0 unspecified atom stereocenters. The summed E-state index contributed by atoms with van der Waals surface area (Å²) in [4.78, 5) is 16.4. The van der Waals surface area contributed by atoms with Gasteiger partial charge in [0.2, 0.25) is 0 Å². The molecular formula is C18H12FNO. The van der Waals surface area contributed by atoms with E-state index in [-0.39, 0.29) is 11.6 Å². The molecule has 0 fully saturated rings. The molecule has 0 N–H and O–H groups in total. The van der Waals surface area contributed by atoms with E-state index < -0.39 is 0 Å². The number of halogens is 1. The Morgan fingerprint density at radius 1 is 0.952 bits per heavy atom. The first-order valence-corrected chi connectivity index (χ1v) is 6.56. The van der Waals surface area contributed by atoms with Gasteiger partial charge in [-0.1, -0.05) is 24.3 Å². The summed E-state index contributed by atoms with van der Waals surface area (Å²) in [5.74, 6) is -0.531. The number of carbonyl (C=O) groups excluding carboxylic acids is 1. The van der Waals surface area contributed by atoms with Gasteiger partial charge in [0.25, 0.3) is 0 Å². The van der Waals surface area contributed by atoms with Gasteiger partial charge >= 0.3 is 0 Å². The number of nitrogens with zero attached hydrogens (tertiary/aromatic N) is 1. The number of allylic oxidation sites excluding steroid dienone is 1. The Balaban J connectivity index is 1.83. The highest BCUT2D eigenvalue weighted by atomic mass is 19.1. The maximum atomic E-state index is 12.8. The van der Waals surface area contributed by atoms with E-state index in [2.05, 4.69) is 4.98 Å². The number of hydrogen-bond acceptors (Lipinski definition) is 2. The third-order valence-corrected chi connectivity index (χ3v) is 3.15. The molecule has 0 amide bonds. The number of para-hydroxylation sites is 1. The molecule has 0 aliphatic carbocycles. The highest BCUT2D eigenvalue weighted by Gasteiger charge is 2.02. The summed E-state index contributed by atoms with van der Waals surface area (Å²) in [5, 5.41) is 1.06. The van der Waals surface area contributed by atoms with Crippen LogP contribution in [-0.4, -0.2) is 10.8 Å². The highest BCUT2D eigenvalue weighted by Crippen LogP contribution is 2.13. The highest BCUT2D eigenvalue weighted by molar-refractivity contribution is 6.06. The Bertz CT molecular complexity index is 822. The molecule has 0 saturated heterocycles. The Labute approximate surface area is 121 Å². The van der Waals surface area contributed by atoms with Crippen molar-refractivity contribution in [2.24, 2.45) is 0 Å². The molecule has 0 aliphatic rings. The number of carbonyl (C=O) groups is 1. The Hall–Kier alpha value is -2.81. The van der Waals surface area contributed by atoms with Gasteiger partial charge in [0.1, 0.15) is 5.82 Å². The van der Waals surface area contributed by atoms with E-state index in [0.717, 1.165) is 10.9 Å². The van der Waals surface area contributed by atoms with Crippen molar-refractivity contribution in [3.8, 4) is 0 Å². The van der Waals surface area contributed by atoms with Crippen LogP contribution in [0.1, 0.15) is 16.1 Å². The lowest BCUT2D eigenvalue weighted by Crippen LogP contribution is -1.94. The largest absolute Gasteiger partial charge is 0.289 e. The fraction of sp³-hybridized carbons (Fsp3) is 0. The molecule has 0 spiro atoms. The zero-order valence-corrected chi connectivity index (χ0v) is 11.2. The van der Waals surface area contributed by atoms with Gasteiger partial charge in [-0.3, -0.25) is 4.79 Å². The maximum Gasteiger partial charge on any atom is 0.185 e. The van der Waals surface area contributed by atoms with E-state index in [1.807, 2.05) is 36.4 Å². The summed E-state index contributed by atoms with van der Waals surface area (Å²) >= 11 is 0. The summed E-state index contributed by atoms with van der Waals surface area (Å²) in [6.07, 6.45) is 3.11. The number of fused-ring (bicyclic) bond motifs is 1. The van der Waals surface area contributed by atoms with E-state index >= 15 is 0 Å². The minimum atomic E-state index is -0.355. The second kappa shape index (κ2) is 5.67. The maximum absolute atomic E-state index is 12.8. The minimum Gasteiger partial charge on any atom is -0.289 e. The van der Waals surface area contributed by atoms with Gasteiger partial charge in [-0.05, 0) is 48.6 Å². The number of pyridine rings is 1.